The molecule has 4 nitrogen and oxygen atoms in total. The summed E-state index contributed by atoms with van der Waals surface area (Å²) in [5.41, 5.74) is 8.06. The zero-order valence-corrected chi connectivity index (χ0v) is 11.9. The van der Waals surface area contributed by atoms with E-state index in [9.17, 15) is 0 Å². The van der Waals surface area contributed by atoms with E-state index in [1.807, 2.05) is 6.07 Å². The summed E-state index contributed by atoms with van der Waals surface area (Å²) in [4.78, 5) is 4.45. The molecule has 1 aliphatic rings. The Kier molecular flexibility index (Phi) is 2.93. The van der Waals surface area contributed by atoms with Gasteiger partial charge in [-0.15, -0.1) is 0 Å². The molecule has 0 radical (unpaired) electrons. The molecule has 1 saturated carbocycles. The second-order valence-corrected chi connectivity index (χ2v) is 5.61. The van der Waals surface area contributed by atoms with Crippen molar-refractivity contribution in [2.45, 2.75) is 31.7 Å². The van der Waals surface area contributed by atoms with Crippen molar-refractivity contribution in [3.63, 3.8) is 0 Å². The molecule has 3 rings (SSSR count). The van der Waals surface area contributed by atoms with Gasteiger partial charge in [-0.2, -0.15) is 0 Å². The van der Waals surface area contributed by atoms with Gasteiger partial charge in [0.1, 0.15) is 5.75 Å². The summed E-state index contributed by atoms with van der Waals surface area (Å²) in [5, 5.41) is 0. The summed E-state index contributed by atoms with van der Waals surface area (Å²) in [7, 11) is 1.66. The molecule has 1 fully saturated rings. The summed E-state index contributed by atoms with van der Waals surface area (Å²) >= 11 is 3.52. The Hall–Kier alpha value is -1.23. The maximum absolute atomic E-state index is 6.07. The van der Waals surface area contributed by atoms with Crippen molar-refractivity contribution < 1.29 is 4.74 Å². The van der Waals surface area contributed by atoms with E-state index >= 15 is 0 Å². The normalized spacial score (nSPS) is 16.6. The molecule has 5 heteroatoms. The number of imidazole rings is 1. The van der Waals surface area contributed by atoms with Crippen LogP contribution >= 0.6 is 15.9 Å². The number of rotatable bonds is 2. The minimum Gasteiger partial charge on any atom is -0.495 e. The third-order valence-corrected chi connectivity index (χ3v) is 4.30. The zero-order valence-electron chi connectivity index (χ0n) is 10.3. The molecule has 18 heavy (non-hydrogen) atoms. The molecule has 0 bridgehead atoms. The van der Waals surface area contributed by atoms with Crippen LogP contribution in [0.25, 0.3) is 11.0 Å². The van der Waals surface area contributed by atoms with Crippen molar-refractivity contribution in [3.8, 4) is 5.75 Å². The van der Waals surface area contributed by atoms with Crippen LogP contribution in [-0.4, -0.2) is 16.7 Å². The van der Waals surface area contributed by atoms with Crippen LogP contribution in [-0.2, 0) is 0 Å². The molecule has 1 aromatic carbocycles. The van der Waals surface area contributed by atoms with Gasteiger partial charge < -0.3 is 15.0 Å². The van der Waals surface area contributed by atoms with Crippen molar-refractivity contribution in [2.24, 2.45) is 0 Å². The van der Waals surface area contributed by atoms with Gasteiger partial charge in [-0.3, -0.25) is 0 Å². The molecule has 1 heterocycles. The average molecular weight is 310 g/mol. The Morgan fingerprint density at radius 2 is 2.11 bits per heavy atom. The number of hydrogen-bond acceptors (Lipinski definition) is 3. The van der Waals surface area contributed by atoms with Gasteiger partial charge in [0.2, 0.25) is 5.95 Å². The number of aromatic nitrogens is 2. The number of methoxy groups -OCH3 is 1. The average Bonchev–Trinajstić information content (AvgIpc) is 2.94. The number of nitrogens with zero attached hydrogens (tertiary/aromatic N) is 2. The number of halogens is 1. The third kappa shape index (κ3) is 1.77. The number of nitrogens with two attached hydrogens (primary N) is 1. The maximum Gasteiger partial charge on any atom is 0.201 e. The Balaban J connectivity index is 2.19. The molecule has 1 aliphatic carbocycles. The zero-order chi connectivity index (χ0) is 12.7. The molecule has 2 N–H and O–H groups in total. The molecule has 96 valence electrons. The highest BCUT2D eigenvalue weighted by atomic mass is 79.9. The lowest BCUT2D eigenvalue weighted by atomic mass is 10.2. The molecule has 0 unspecified atom stereocenters. The molecular weight excluding hydrogens is 294 g/mol. The third-order valence-electron chi connectivity index (χ3n) is 3.68. The first-order chi connectivity index (χ1) is 8.70. The van der Waals surface area contributed by atoms with Crippen LogP contribution in [0.5, 0.6) is 5.75 Å². The molecule has 2 aromatic rings. The lowest BCUT2D eigenvalue weighted by molar-refractivity contribution is 0.412. The van der Waals surface area contributed by atoms with Gasteiger partial charge in [0, 0.05) is 12.1 Å². The van der Waals surface area contributed by atoms with Crippen LogP contribution in [0.15, 0.2) is 16.6 Å². The lowest BCUT2D eigenvalue weighted by Gasteiger charge is -2.14. The molecule has 0 saturated heterocycles. The largest absolute Gasteiger partial charge is 0.495 e. The van der Waals surface area contributed by atoms with Crippen molar-refractivity contribution in [1.82, 2.24) is 9.55 Å². The molecular formula is C13H16BrN3O. The quantitative estimate of drug-likeness (QED) is 0.923. The molecule has 0 aliphatic heterocycles. The monoisotopic (exact) mass is 309 g/mol. The van der Waals surface area contributed by atoms with E-state index in [-0.39, 0.29) is 0 Å². The standard InChI is InChI=1S/C13H16BrN3O/c1-18-12-7-10-11(6-9(12)14)17(13(15)16-10)8-4-2-3-5-8/h6-8H,2-5H2,1H3,(H2,15,16). The highest BCUT2D eigenvalue weighted by Gasteiger charge is 2.22. The smallest absolute Gasteiger partial charge is 0.201 e. The van der Waals surface area contributed by atoms with Crippen LogP contribution < -0.4 is 10.5 Å². The van der Waals surface area contributed by atoms with Gasteiger partial charge in [0.25, 0.3) is 0 Å². The lowest BCUT2D eigenvalue weighted by Crippen LogP contribution is -2.08. The Morgan fingerprint density at radius 3 is 2.78 bits per heavy atom. The highest BCUT2D eigenvalue weighted by molar-refractivity contribution is 9.10. The maximum atomic E-state index is 6.07. The van der Waals surface area contributed by atoms with E-state index in [0.29, 0.717) is 12.0 Å². The number of benzene rings is 1. The molecule has 0 amide bonds. The first-order valence-electron chi connectivity index (χ1n) is 6.21. The molecule has 1 aromatic heterocycles. The number of fused-ring (bicyclic) bond motifs is 1. The van der Waals surface area contributed by atoms with Crippen LogP contribution in [0.1, 0.15) is 31.7 Å². The van der Waals surface area contributed by atoms with E-state index in [0.717, 1.165) is 21.3 Å². The number of hydrogen-bond donors (Lipinski definition) is 1. The second-order valence-electron chi connectivity index (χ2n) is 4.75. The Labute approximate surface area is 114 Å². The van der Waals surface area contributed by atoms with Gasteiger partial charge in [0.15, 0.2) is 0 Å². The van der Waals surface area contributed by atoms with Crippen LogP contribution in [0.4, 0.5) is 5.95 Å². The second kappa shape index (κ2) is 4.46. The van der Waals surface area contributed by atoms with E-state index in [1.165, 1.54) is 25.7 Å². The molecule has 0 atom stereocenters. The summed E-state index contributed by atoms with van der Waals surface area (Å²) in [6, 6.07) is 4.48. The first-order valence-corrected chi connectivity index (χ1v) is 7.01. The highest BCUT2D eigenvalue weighted by Crippen LogP contribution is 2.37. The Bertz CT molecular complexity index is 587. The van der Waals surface area contributed by atoms with Crippen molar-refractivity contribution >= 4 is 32.9 Å². The summed E-state index contributed by atoms with van der Waals surface area (Å²) in [6.07, 6.45) is 4.95. The van der Waals surface area contributed by atoms with Gasteiger partial charge in [-0.05, 0) is 34.8 Å². The van der Waals surface area contributed by atoms with E-state index < -0.39 is 0 Å². The minimum atomic E-state index is 0.496. The van der Waals surface area contributed by atoms with E-state index in [2.05, 4.69) is 31.5 Å². The van der Waals surface area contributed by atoms with E-state index in [1.54, 1.807) is 7.11 Å². The van der Waals surface area contributed by atoms with Crippen LogP contribution in [0, 0.1) is 0 Å². The predicted molar refractivity (Wildman–Crippen MR) is 75.9 cm³/mol. The van der Waals surface area contributed by atoms with Crippen molar-refractivity contribution in [2.75, 3.05) is 12.8 Å². The fourth-order valence-corrected chi connectivity index (χ4v) is 3.31. The fraction of sp³-hybridized carbons (Fsp3) is 0.462. The van der Waals surface area contributed by atoms with E-state index in [4.69, 9.17) is 10.5 Å². The van der Waals surface area contributed by atoms with Gasteiger partial charge in [-0.25, -0.2) is 4.98 Å². The number of ether oxygens (including phenoxy) is 1. The predicted octanol–water partition coefficient (Wildman–Crippen LogP) is 3.50. The fourth-order valence-electron chi connectivity index (χ4n) is 2.82. The van der Waals surface area contributed by atoms with Crippen LogP contribution in [0.2, 0.25) is 0 Å². The van der Waals surface area contributed by atoms with Crippen LogP contribution in [0.3, 0.4) is 0 Å². The minimum absolute atomic E-state index is 0.496. The van der Waals surface area contributed by atoms with Gasteiger partial charge in [0.05, 0.1) is 22.6 Å². The first kappa shape index (κ1) is 11.8. The number of anilines is 1. The summed E-state index contributed by atoms with van der Waals surface area (Å²) in [5.74, 6) is 1.40. The Morgan fingerprint density at radius 1 is 1.39 bits per heavy atom. The van der Waals surface area contributed by atoms with Crippen molar-refractivity contribution in [3.05, 3.63) is 16.6 Å². The van der Waals surface area contributed by atoms with Gasteiger partial charge in [-0.1, -0.05) is 12.8 Å². The van der Waals surface area contributed by atoms with Gasteiger partial charge >= 0.3 is 0 Å². The van der Waals surface area contributed by atoms with Crippen molar-refractivity contribution in [1.29, 1.82) is 0 Å². The summed E-state index contributed by atoms with van der Waals surface area (Å²) in [6.45, 7) is 0. The SMILES string of the molecule is COc1cc2nc(N)n(C3CCCC3)c2cc1Br. The number of nitrogen functional groups attached to an aromatic ring is 1. The topological polar surface area (TPSA) is 53.1 Å². The summed E-state index contributed by atoms with van der Waals surface area (Å²) < 4.78 is 8.41. The molecule has 0 spiro atoms.